The Labute approximate surface area is 278 Å². The van der Waals surface area contributed by atoms with E-state index in [1.54, 1.807) is 36.4 Å². The Hall–Kier alpha value is -5.76. The molecule has 238 valence electrons. The molecule has 3 N–H and O–H groups in total. The molecule has 0 saturated heterocycles. The number of rotatable bonds is 11. The molecule has 0 aliphatic heterocycles. The van der Waals surface area contributed by atoms with Crippen molar-refractivity contribution in [3.63, 3.8) is 0 Å². The maximum Gasteiger partial charge on any atom is 0.336 e. The number of hydrogen-bond donors (Lipinski definition) is 3. The quantitative estimate of drug-likeness (QED) is 0.0879. The number of carbonyl (C=O) groups excluding carboxylic acids is 2. The van der Waals surface area contributed by atoms with E-state index in [2.05, 4.69) is 17.4 Å². The maximum atomic E-state index is 13.5. The van der Waals surface area contributed by atoms with Gasteiger partial charge in [-0.2, -0.15) is 0 Å². The molecule has 6 aromatic rings. The summed E-state index contributed by atoms with van der Waals surface area (Å²) >= 11 is 0. The summed E-state index contributed by atoms with van der Waals surface area (Å²) in [6.45, 7) is 4.41. The molecular formula is C40H34BNO6. The molecule has 0 bridgehead atoms. The molecule has 0 unspecified atom stereocenters. The average Bonchev–Trinajstić information content (AvgIpc) is 3.05. The van der Waals surface area contributed by atoms with Gasteiger partial charge < -0.3 is 20.3 Å². The highest BCUT2D eigenvalue weighted by Gasteiger charge is 2.22. The zero-order valence-electron chi connectivity index (χ0n) is 26.8. The van der Waals surface area contributed by atoms with Crippen molar-refractivity contribution in [3.8, 4) is 0 Å². The number of benzene rings is 6. The molecule has 6 rings (SSSR count). The Morgan fingerprint density at radius 3 is 2.00 bits per heavy atom. The third-order valence-electron chi connectivity index (χ3n) is 8.85. The van der Waals surface area contributed by atoms with Crippen LogP contribution in [0.1, 0.15) is 53.3 Å². The molecule has 0 radical (unpaired) electrons. The van der Waals surface area contributed by atoms with E-state index < -0.39 is 11.9 Å². The number of aromatic carboxylic acids is 1. The number of nitrogens with one attached hydrogen (secondary N) is 1. The Bertz CT molecular complexity index is 2330. The number of amides is 1. The van der Waals surface area contributed by atoms with Crippen LogP contribution < -0.4 is 10.5 Å². The Kier molecular flexibility index (Phi) is 9.08. The topological polar surface area (TPSA) is 121 Å². The van der Waals surface area contributed by atoms with Crippen molar-refractivity contribution in [1.29, 1.82) is 0 Å². The average molecular weight is 636 g/mol. The van der Waals surface area contributed by atoms with Crippen LogP contribution in [0.3, 0.4) is 0 Å². The van der Waals surface area contributed by atoms with Crippen LogP contribution in [0.15, 0.2) is 91.0 Å². The van der Waals surface area contributed by atoms with Crippen LogP contribution in [0.25, 0.3) is 38.4 Å². The number of carboxylic acid groups (broad SMARTS) is 2. The molecule has 0 atom stereocenters. The third kappa shape index (κ3) is 6.55. The van der Waals surface area contributed by atoms with Crippen LogP contribution in [-0.2, 0) is 17.6 Å². The molecule has 6 aromatic carbocycles. The van der Waals surface area contributed by atoms with Gasteiger partial charge in [-0.15, -0.1) is 0 Å². The minimum absolute atomic E-state index is 0.00554. The Balaban J connectivity index is 1.41. The van der Waals surface area contributed by atoms with Gasteiger partial charge in [0, 0.05) is 29.1 Å². The highest BCUT2D eigenvalue weighted by Crippen LogP contribution is 2.36. The van der Waals surface area contributed by atoms with Crippen LogP contribution in [0, 0.1) is 13.8 Å². The predicted molar refractivity (Wildman–Crippen MR) is 192 cm³/mol. The zero-order chi connectivity index (χ0) is 33.9. The van der Waals surface area contributed by atoms with Gasteiger partial charge in [0.15, 0.2) is 0 Å². The molecular weight excluding hydrogens is 601 g/mol. The zero-order valence-corrected chi connectivity index (χ0v) is 26.8. The van der Waals surface area contributed by atoms with Crippen LogP contribution in [0.4, 0.5) is 0 Å². The first-order valence-electron chi connectivity index (χ1n) is 16.0. The van der Waals surface area contributed by atoms with Crippen LogP contribution >= 0.6 is 0 Å². The molecule has 0 saturated carbocycles. The minimum atomic E-state index is -1.18. The minimum Gasteiger partial charge on any atom is -0.478 e. The summed E-state index contributed by atoms with van der Waals surface area (Å²) in [5.41, 5.74) is 4.92. The number of fused-ring (bicyclic) bond motifs is 2. The molecule has 7 nitrogen and oxygen atoms in total. The van der Waals surface area contributed by atoms with Crippen molar-refractivity contribution < 1.29 is 29.4 Å². The smallest absolute Gasteiger partial charge is 0.336 e. The molecule has 0 heterocycles. The fraction of sp³-hybridized carbons (Fsp3) is 0.150. The van der Waals surface area contributed by atoms with Crippen LogP contribution in [0.5, 0.6) is 0 Å². The van der Waals surface area contributed by atoms with E-state index in [1.807, 2.05) is 50.2 Å². The van der Waals surface area contributed by atoms with Gasteiger partial charge in [-0.05, 0) is 88.2 Å². The monoisotopic (exact) mass is 635 g/mol. The lowest BCUT2D eigenvalue weighted by Gasteiger charge is -2.16. The van der Waals surface area contributed by atoms with Gasteiger partial charge in [0.1, 0.15) is 5.68 Å². The van der Waals surface area contributed by atoms with Crippen molar-refractivity contribution in [3.05, 3.63) is 135 Å². The summed E-state index contributed by atoms with van der Waals surface area (Å²) in [6, 6.07) is 27.9. The van der Waals surface area contributed by atoms with E-state index >= 15 is 0 Å². The third-order valence-corrected chi connectivity index (χ3v) is 8.85. The van der Waals surface area contributed by atoms with Gasteiger partial charge in [0.05, 0.1) is 5.56 Å². The number of aryl methyl sites for hydroxylation is 3. The summed E-state index contributed by atoms with van der Waals surface area (Å²) in [4.78, 5) is 51.5. The van der Waals surface area contributed by atoms with Crippen LogP contribution in [-0.4, -0.2) is 47.6 Å². The van der Waals surface area contributed by atoms with Crippen molar-refractivity contribution in [1.82, 2.24) is 5.32 Å². The summed E-state index contributed by atoms with van der Waals surface area (Å²) in [5, 5.41) is 26.7. The van der Waals surface area contributed by atoms with Gasteiger partial charge in [-0.25, -0.2) is 9.59 Å². The van der Waals surface area contributed by atoms with E-state index in [1.165, 1.54) is 6.07 Å². The highest BCUT2D eigenvalue weighted by molar-refractivity contribution is 6.77. The van der Waals surface area contributed by atoms with Crippen molar-refractivity contribution in [2.75, 3.05) is 6.54 Å². The highest BCUT2D eigenvalue weighted by atomic mass is 16.4. The van der Waals surface area contributed by atoms with Gasteiger partial charge in [0.2, 0.25) is 7.28 Å². The van der Waals surface area contributed by atoms with E-state index in [9.17, 15) is 29.4 Å². The molecule has 0 aromatic heterocycles. The fourth-order valence-electron chi connectivity index (χ4n) is 6.68. The van der Waals surface area contributed by atoms with Gasteiger partial charge in [-0.1, -0.05) is 90.2 Å². The van der Waals surface area contributed by atoms with E-state index in [0.717, 1.165) is 34.8 Å². The number of hydrogen-bond acceptors (Lipinski definition) is 4. The summed E-state index contributed by atoms with van der Waals surface area (Å²) in [7, 11) is 0.254. The molecule has 0 aliphatic carbocycles. The first-order chi connectivity index (χ1) is 23.1. The number of carboxylic acids is 2. The second-order valence-electron chi connectivity index (χ2n) is 12.3. The first-order valence-corrected chi connectivity index (χ1v) is 16.0. The van der Waals surface area contributed by atoms with E-state index in [-0.39, 0.29) is 30.0 Å². The fourth-order valence-corrected chi connectivity index (χ4v) is 6.68. The lowest BCUT2D eigenvalue weighted by Crippen LogP contribution is -2.26. The lowest BCUT2D eigenvalue weighted by molar-refractivity contribution is -0.129. The second-order valence-corrected chi connectivity index (χ2v) is 12.3. The van der Waals surface area contributed by atoms with E-state index in [0.29, 0.717) is 62.4 Å². The molecule has 0 aliphatic rings. The van der Waals surface area contributed by atoms with Gasteiger partial charge in [0.25, 0.3) is 5.91 Å². The Morgan fingerprint density at radius 2 is 1.33 bits per heavy atom. The van der Waals surface area contributed by atoms with Crippen LogP contribution in [0.2, 0.25) is 6.32 Å². The number of aliphatic carboxylic acids is 1. The summed E-state index contributed by atoms with van der Waals surface area (Å²) in [6.07, 6.45) is 3.03. The standard InChI is InChI=1S/C40H34BNO6/c1-23-5-3-7-25(19-23)15-17-41-38(45)30-13-11-28-29-12-14-32(40(47)48)37-31(39(46)42-18-16-26-8-4-6-24(2)20-26)10-9-27(36(29)37)21-33(28)34(30)22-35(43)44/h3-14,19-22,41H,15-18H2,1-2H3,(H,42,46)(H,43,44)(H,47,48)/b34-22+. The van der Waals surface area contributed by atoms with Gasteiger partial charge >= 0.3 is 11.9 Å². The van der Waals surface area contributed by atoms with Gasteiger partial charge in [-0.3, -0.25) is 4.79 Å². The molecule has 8 heteroatoms. The summed E-state index contributed by atoms with van der Waals surface area (Å²) in [5.74, 6) is -2.73. The number of carbonyl (C=O) groups is 4. The lowest BCUT2D eigenvalue weighted by atomic mass is 9.65. The van der Waals surface area contributed by atoms with Crippen molar-refractivity contribution in [2.24, 2.45) is 0 Å². The largest absolute Gasteiger partial charge is 0.478 e. The Morgan fingerprint density at radius 1 is 0.688 bits per heavy atom. The molecule has 0 fully saturated rings. The normalized spacial score (nSPS) is 11.7. The first kappa shape index (κ1) is 32.2. The molecule has 48 heavy (non-hydrogen) atoms. The van der Waals surface area contributed by atoms with Crippen molar-refractivity contribution in [2.45, 2.75) is 33.0 Å². The SMILES string of the molecule is Cc1cccc(CCBC(=O)c2ccc3c(cc4ccc(C(=O)NCCc5cccc(C)c5)c5c(C(=O)O)ccc3c45)/c2=C/C(=O)O)c1. The molecule has 0 spiro atoms. The predicted octanol–water partition coefficient (Wildman–Crippen LogP) is 6.26. The maximum absolute atomic E-state index is 13.5. The summed E-state index contributed by atoms with van der Waals surface area (Å²) < 4.78 is 0. The molecule has 1 amide bonds. The van der Waals surface area contributed by atoms with E-state index in [4.69, 9.17) is 0 Å². The van der Waals surface area contributed by atoms with Crippen molar-refractivity contribution >= 4 is 69.2 Å². The second kappa shape index (κ2) is 13.5.